The first-order chi connectivity index (χ1) is 9.24. The van der Waals surface area contributed by atoms with Gasteiger partial charge in [0.1, 0.15) is 5.58 Å². The molecule has 3 rings (SSSR count). The third-order valence-corrected chi connectivity index (χ3v) is 4.49. The number of halogens is 1. The fourth-order valence-corrected chi connectivity index (χ4v) is 3.16. The Morgan fingerprint density at radius 3 is 2.84 bits per heavy atom. The van der Waals surface area contributed by atoms with E-state index in [4.69, 9.17) is 16.0 Å². The van der Waals surface area contributed by atoms with Gasteiger partial charge in [-0.2, -0.15) is 0 Å². The summed E-state index contributed by atoms with van der Waals surface area (Å²) in [5, 5.41) is 5.21. The molecule has 1 aromatic carbocycles. The van der Waals surface area contributed by atoms with E-state index in [1.54, 1.807) is 0 Å². The Morgan fingerprint density at radius 2 is 2.11 bits per heavy atom. The zero-order valence-corrected chi connectivity index (χ0v) is 12.1. The van der Waals surface area contributed by atoms with E-state index in [9.17, 15) is 0 Å². The van der Waals surface area contributed by atoms with Crippen molar-refractivity contribution < 1.29 is 4.42 Å². The molecule has 0 spiro atoms. The van der Waals surface area contributed by atoms with Crippen LogP contribution in [0.2, 0.25) is 5.22 Å². The third kappa shape index (κ3) is 2.65. The van der Waals surface area contributed by atoms with Gasteiger partial charge in [0.05, 0.1) is 0 Å². The molecular formula is C16H20ClNO. The second-order valence-electron chi connectivity index (χ2n) is 5.70. The highest BCUT2D eigenvalue weighted by Crippen LogP contribution is 2.49. The van der Waals surface area contributed by atoms with Gasteiger partial charge in [0, 0.05) is 24.0 Å². The van der Waals surface area contributed by atoms with Crippen LogP contribution in [0.25, 0.3) is 11.0 Å². The zero-order valence-electron chi connectivity index (χ0n) is 11.3. The van der Waals surface area contributed by atoms with Gasteiger partial charge in [-0.1, -0.05) is 31.5 Å². The summed E-state index contributed by atoms with van der Waals surface area (Å²) in [4.78, 5) is 0. The molecule has 1 heterocycles. The quantitative estimate of drug-likeness (QED) is 0.824. The molecule has 0 saturated heterocycles. The number of furan rings is 1. The number of para-hydroxylation sites is 1. The summed E-state index contributed by atoms with van der Waals surface area (Å²) in [7, 11) is 0. The number of nitrogens with one attached hydrogen (secondary N) is 1. The van der Waals surface area contributed by atoms with Crippen LogP contribution >= 0.6 is 11.6 Å². The number of rotatable bonds is 6. The first kappa shape index (κ1) is 13.0. The molecule has 1 N–H and O–H groups in total. The summed E-state index contributed by atoms with van der Waals surface area (Å²) in [6.45, 7) is 4.15. The van der Waals surface area contributed by atoms with E-state index < -0.39 is 0 Å². The minimum atomic E-state index is 0.522. The predicted octanol–water partition coefficient (Wildman–Crippen LogP) is 4.76. The van der Waals surface area contributed by atoms with Crippen LogP contribution in [0.1, 0.15) is 38.2 Å². The molecule has 0 radical (unpaired) electrons. The minimum absolute atomic E-state index is 0.522. The minimum Gasteiger partial charge on any atom is -0.444 e. The molecule has 0 atom stereocenters. The fourth-order valence-electron chi connectivity index (χ4n) is 2.91. The van der Waals surface area contributed by atoms with Crippen molar-refractivity contribution in [1.82, 2.24) is 5.32 Å². The van der Waals surface area contributed by atoms with Crippen molar-refractivity contribution in [2.24, 2.45) is 5.41 Å². The highest BCUT2D eigenvalue weighted by atomic mass is 35.5. The Morgan fingerprint density at radius 1 is 1.32 bits per heavy atom. The van der Waals surface area contributed by atoms with Crippen molar-refractivity contribution in [3.05, 3.63) is 35.0 Å². The van der Waals surface area contributed by atoms with Crippen molar-refractivity contribution >= 4 is 22.6 Å². The van der Waals surface area contributed by atoms with Crippen LogP contribution in [-0.4, -0.2) is 6.54 Å². The molecule has 0 bridgehead atoms. The maximum atomic E-state index is 6.19. The molecule has 2 aromatic rings. The topological polar surface area (TPSA) is 25.2 Å². The molecule has 3 heteroatoms. The summed E-state index contributed by atoms with van der Waals surface area (Å²) in [5.74, 6) is 0. The smallest absolute Gasteiger partial charge is 0.199 e. The monoisotopic (exact) mass is 277 g/mol. The molecule has 0 amide bonds. The lowest BCUT2D eigenvalue weighted by molar-refractivity contribution is 0.420. The van der Waals surface area contributed by atoms with E-state index in [1.165, 1.54) is 25.7 Å². The van der Waals surface area contributed by atoms with Gasteiger partial charge >= 0.3 is 0 Å². The average Bonchev–Trinajstić information content (AvgIpc) is 3.08. The van der Waals surface area contributed by atoms with E-state index in [2.05, 4.69) is 18.3 Å². The van der Waals surface area contributed by atoms with Gasteiger partial charge in [-0.05, 0) is 42.3 Å². The highest BCUT2D eigenvalue weighted by Gasteiger charge is 2.40. The lowest BCUT2D eigenvalue weighted by Crippen LogP contribution is -2.23. The second-order valence-corrected chi connectivity index (χ2v) is 6.05. The van der Waals surface area contributed by atoms with E-state index in [1.807, 2.05) is 18.2 Å². The fraction of sp³-hybridized carbons (Fsp3) is 0.500. The van der Waals surface area contributed by atoms with Crippen LogP contribution in [0.3, 0.4) is 0 Å². The van der Waals surface area contributed by atoms with E-state index in [-0.39, 0.29) is 0 Å². The van der Waals surface area contributed by atoms with Crippen molar-refractivity contribution in [3.8, 4) is 0 Å². The van der Waals surface area contributed by atoms with Gasteiger partial charge in [0.25, 0.3) is 0 Å². The highest BCUT2D eigenvalue weighted by molar-refractivity contribution is 6.30. The molecule has 19 heavy (non-hydrogen) atoms. The van der Waals surface area contributed by atoms with Crippen LogP contribution in [-0.2, 0) is 6.54 Å². The SMILES string of the molecule is CCCC1(CNCc2c(Cl)oc3ccccc23)CC1. The second kappa shape index (κ2) is 5.18. The zero-order chi connectivity index (χ0) is 13.3. The predicted molar refractivity (Wildman–Crippen MR) is 79.5 cm³/mol. The lowest BCUT2D eigenvalue weighted by atomic mass is 10.0. The van der Waals surface area contributed by atoms with Gasteiger partial charge in [0.15, 0.2) is 5.22 Å². The maximum Gasteiger partial charge on any atom is 0.199 e. The number of hydrogen-bond donors (Lipinski definition) is 1. The van der Waals surface area contributed by atoms with Crippen molar-refractivity contribution in [2.45, 2.75) is 39.2 Å². The van der Waals surface area contributed by atoms with E-state index in [0.29, 0.717) is 10.6 Å². The molecule has 2 nitrogen and oxygen atoms in total. The van der Waals surface area contributed by atoms with Crippen molar-refractivity contribution in [1.29, 1.82) is 0 Å². The van der Waals surface area contributed by atoms with Crippen LogP contribution in [0, 0.1) is 5.41 Å². The first-order valence-corrected chi connectivity index (χ1v) is 7.48. The van der Waals surface area contributed by atoms with E-state index >= 15 is 0 Å². The number of hydrogen-bond acceptors (Lipinski definition) is 2. The van der Waals surface area contributed by atoms with E-state index in [0.717, 1.165) is 29.6 Å². The van der Waals surface area contributed by atoms with Gasteiger partial charge < -0.3 is 9.73 Å². The van der Waals surface area contributed by atoms with Gasteiger partial charge in [0.2, 0.25) is 0 Å². The van der Waals surface area contributed by atoms with Gasteiger partial charge in [-0.15, -0.1) is 0 Å². The summed E-state index contributed by atoms with van der Waals surface area (Å²) in [6.07, 6.45) is 5.35. The Kier molecular flexibility index (Phi) is 3.55. The first-order valence-electron chi connectivity index (χ1n) is 7.11. The summed E-state index contributed by atoms with van der Waals surface area (Å²) >= 11 is 6.19. The van der Waals surface area contributed by atoms with Gasteiger partial charge in [-0.25, -0.2) is 0 Å². The van der Waals surface area contributed by atoms with Crippen LogP contribution in [0.4, 0.5) is 0 Å². The summed E-state index contributed by atoms with van der Waals surface area (Å²) < 4.78 is 5.57. The van der Waals surface area contributed by atoms with Crippen molar-refractivity contribution in [2.75, 3.05) is 6.54 Å². The molecular weight excluding hydrogens is 258 g/mol. The molecule has 0 unspecified atom stereocenters. The molecule has 1 saturated carbocycles. The molecule has 1 aliphatic carbocycles. The largest absolute Gasteiger partial charge is 0.444 e. The van der Waals surface area contributed by atoms with Crippen LogP contribution in [0.15, 0.2) is 28.7 Å². The Bertz CT molecular complexity index is 571. The van der Waals surface area contributed by atoms with Gasteiger partial charge in [-0.3, -0.25) is 0 Å². The van der Waals surface area contributed by atoms with Crippen molar-refractivity contribution in [3.63, 3.8) is 0 Å². The number of fused-ring (bicyclic) bond motifs is 1. The lowest BCUT2D eigenvalue weighted by Gasteiger charge is -2.14. The molecule has 1 fully saturated rings. The maximum absolute atomic E-state index is 6.19. The normalized spacial score (nSPS) is 16.9. The van der Waals surface area contributed by atoms with Crippen LogP contribution in [0.5, 0.6) is 0 Å². The number of benzene rings is 1. The Hall–Kier alpha value is -0.990. The standard InChI is InChI=1S/C16H20ClNO/c1-2-7-16(8-9-16)11-18-10-13-12-5-3-4-6-14(12)19-15(13)17/h3-6,18H,2,7-11H2,1H3. The molecule has 1 aliphatic rings. The molecule has 102 valence electrons. The molecule has 0 aliphatic heterocycles. The summed E-state index contributed by atoms with van der Waals surface area (Å²) in [5.41, 5.74) is 2.53. The Labute approximate surface area is 119 Å². The summed E-state index contributed by atoms with van der Waals surface area (Å²) in [6, 6.07) is 8.03. The molecule has 1 aromatic heterocycles. The third-order valence-electron chi connectivity index (χ3n) is 4.19. The van der Waals surface area contributed by atoms with Crippen LogP contribution < -0.4 is 5.32 Å². The Balaban J connectivity index is 1.67. The average molecular weight is 278 g/mol.